The molecule has 0 bridgehead atoms. The fourth-order valence-electron chi connectivity index (χ4n) is 1.92. The highest BCUT2D eigenvalue weighted by molar-refractivity contribution is 4.96. The highest BCUT2D eigenvalue weighted by Gasteiger charge is 2.46. The highest BCUT2D eigenvalue weighted by Crippen LogP contribution is 2.55. The molecule has 0 radical (unpaired) electrons. The first-order valence-electron chi connectivity index (χ1n) is 4.12. The molecule has 0 saturated heterocycles. The summed E-state index contributed by atoms with van der Waals surface area (Å²) in [5, 5.41) is 0. The van der Waals surface area contributed by atoms with E-state index in [9.17, 15) is 0 Å². The van der Waals surface area contributed by atoms with E-state index < -0.39 is 0 Å². The molecule has 0 aromatic carbocycles. The van der Waals surface area contributed by atoms with Crippen molar-refractivity contribution in [1.29, 1.82) is 0 Å². The van der Waals surface area contributed by atoms with Crippen LogP contribution in [0.5, 0.6) is 0 Å². The van der Waals surface area contributed by atoms with E-state index in [0.29, 0.717) is 0 Å². The normalized spacial score (nSPS) is 41.0. The molecule has 0 amide bonds. The molecule has 2 aliphatic carbocycles. The van der Waals surface area contributed by atoms with Crippen molar-refractivity contribution in [3.63, 3.8) is 0 Å². The van der Waals surface area contributed by atoms with E-state index in [2.05, 4.69) is 0 Å². The number of nitrogens with two attached hydrogens (primary N) is 1. The molecule has 1 nitrogen and oxygen atoms in total. The Kier molecular flexibility index (Phi) is 1.26. The fraction of sp³-hybridized carbons (Fsp3) is 1.00. The molecule has 2 fully saturated rings. The van der Waals surface area contributed by atoms with Crippen LogP contribution in [-0.2, 0) is 0 Å². The van der Waals surface area contributed by atoms with Gasteiger partial charge in [-0.1, -0.05) is 0 Å². The zero-order valence-electron chi connectivity index (χ0n) is 5.84. The lowest BCUT2D eigenvalue weighted by Crippen LogP contribution is -2.00. The Morgan fingerprint density at radius 3 is 2.67 bits per heavy atom. The summed E-state index contributed by atoms with van der Waals surface area (Å²) < 4.78 is 0. The summed E-state index contributed by atoms with van der Waals surface area (Å²) in [6.45, 7) is 0.911. The average molecular weight is 125 g/mol. The van der Waals surface area contributed by atoms with E-state index in [-0.39, 0.29) is 0 Å². The maximum absolute atomic E-state index is 5.45. The van der Waals surface area contributed by atoms with Gasteiger partial charge in [-0.3, -0.25) is 0 Å². The van der Waals surface area contributed by atoms with Crippen molar-refractivity contribution < 1.29 is 0 Å². The SMILES string of the molecule is NCC[C@@H]1C[C@H]1C1CC1. The van der Waals surface area contributed by atoms with Crippen LogP contribution in [0.3, 0.4) is 0 Å². The van der Waals surface area contributed by atoms with E-state index in [4.69, 9.17) is 5.73 Å². The second kappa shape index (κ2) is 1.98. The lowest BCUT2D eigenvalue weighted by molar-refractivity contribution is 0.599. The Hall–Kier alpha value is -0.0400. The molecule has 2 aliphatic rings. The van der Waals surface area contributed by atoms with Gasteiger partial charge >= 0.3 is 0 Å². The molecule has 1 heteroatoms. The van der Waals surface area contributed by atoms with Crippen molar-refractivity contribution in [1.82, 2.24) is 0 Å². The first-order valence-corrected chi connectivity index (χ1v) is 4.12. The quantitative estimate of drug-likeness (QED) is 0.606. The van der Waals surface area contributed by atoms with Crippen LogP contribution >= 0.6 is 0 Å². The van der Waals surface area contributed by atoms with E-state index in [0.717, 1.165) is 24.3 Å². The number of hydrogen-bond acceptors (Lipinski definition) is 1. The van der Waals surface area contributed by atoms with E-state index in [1.807, 2.05) is 0 Å². The van der Waals surface area contributed by atoms with Gasteiger partial charge < -0.3 is 5.73 Å². The Morgan fingerprint density at radius 2 is 2.11 bits per heavy atom. The molecule has 9 heavy (non-hydrogen) atoms. The van der Waals surface area contributed by atoms with Gasteiger partial charge in [-0.25, -0.2) is 0 Å². The van der Waals surface area contributed by atoms with Gasteiger partial charge in [-0.2, -0.15) is 0 Å². The van der Waals surface area contributed by atoms with Crippen molar-refractivity contribution in [3.8, 4) is 0 Å². The molecule has 52 valence electrons. The maximum atomic E-state index is 5.45. The largest absolute Gasteiger partial charge is 0.330 e. The Labute approximate surface area is 56.6 Å². The summed E-state index contributed by atoms with van der Waals surface area (Å²) in [5.41, 5.74) is 5.45. The molecule has 2 N–H and O–H groups in total. The highest BCUT2D eigenvalue weighted by atomic mass is 14.6. The molecule has 2 atom stereocenters. The van der Waals surface area contributed by atoms with Gasteiger partial charge in [-0.15, -0.1) is 0 Å². The summed E-state index contributed by atoms with van der Waals surface area (Å²) >= 11 is 0. The molecule has 0 aromatic heterocycles. The number of rotatable bonds is 3. The van der Waals surface area contributed by atoms with Crippen molar-refractivity contribution in [2.45, 2.75) is 25.7 Å². The minimum atomic E-state index is 0.911. The molecule has 2 saturated carbocycles. The minimum Gasteiger partial charge on any atom is -0.330 e. The summed E-state index contributed by atoms with van der Waals surface area (Å²) in [7, 11) is 0. The topological polar surface area (TPSA) is 26.0 Å². The molecule has 0 unspecified atom stereocenters. The third-order valence-corrected chi connectivity index (χ3v) is 2.74. The molecular formula is C8H15N. The Morgan fingerprint density at radius 1 is 1.33 bits per heavy atom. The third-order valence-electron chi connectivity index (χ3n) is 2.74. The van der Waals surface area contributed by atoms with Gasteiger partial charge in [-0.05, 0) is 50.0 Å². The van der Waals surface area contributed by atoms with Crippen molar-refractivity contribution in [2.24, 2.45) is 23.5 Å². The van der Waals surface area contributed by atoms with Crippen LogP contribution in [0, 0.1) is 17.8 Å². The summed E-state index contributed by atoms with van der Waals surface area (Å²) in [5.74, 6) is 3.30. The van der Waals surface area contributed by atoms with Gasteiger partial charge in [0.1, 0.15) is 0 Å². The zero-order chi connectivity index (χ0) is 6.27. The molecular weight excluding hydrogens is 110 g/mol. The van der Waals surface area contributed by atoms with Gasteiger partial charge in [0.2, 0.25) is 0 Å². The predicted molar refractivity (Wildman–Crippen MR) is 38.0 cm³/mol. The maximum Gasteiger partial charge on any atom is -0.00745 e. The Balaban J connectivity index is 1.69. The molecule has 2 rings (SSSR count). The van der Waals surface area contributed by atoms with Crippen LogP contribution in [-0.4, -0.2) is 6.54 Å². The van der Waals surface area contributed by atoms with Crippen LogP contribution in [0.4, 0.5) is 0 Å². The zero-order valence-corrected chi connectivity index (χ0v) is 5.84. The van der Waals surface area contributed by atoms with Crippen molar-refractivity contribution in [2.75, 3.05) is 6.54 Å². The summed E-state index contributed by atoms with van der Waals surface area (Å²) in [4.78, 5) is 0. The second-order valence-electron chi connectivity index (χ2n) is 3.57. The van der Waals surface area contributed by atoms with Gasteiger partial charge in [0.25, 0.3) is 0 Å². The monoisotopic (exact) mass is 125 g/mol. The smallest absolute Gasteiger partial charge is 0.00745 e. The lowest BCUT2D eigenvalue weighted by Gasteiger charge is -1.92. The number of hydrogen-bond donors (Lipinski definition) is 1. The van der Waals surface area contributed by atoms with E-state index in [1.165, 1.54) is 25.7 Å². The first kappa shape index (κ1) is 5.72. The first-order chi connectivity index (χ1) is 4.42. The molecule has 0 heterocycles. The fourth-order valence-corrected chi connectivity index (χ4v) is 1.92. The van der Waals surface area contributed by atoms with Crippen LogP contribution in [0.2, 0.25) is 0 Å². The summed E-state index contributed by atoms with van der Waals surface area (Å²) in [6, 6.07) is 0. The molecule has 0 aliphatic heterocycles. The van der Waals surface area contributed by atoms with Crippen molar-refractivity contribution in [3.05, 3.63) is 0 Å². The van der Waals surface area contributed by atoms with Crippen LogP contribution in [0.15, 0.2) is 0 Å². The lowest BCUT2D eigenvalue weighted by atomic mass is 10.2. The molecule has 0 spiro atoms. The second-order valence-corrected chi connectivity index (χ2v) is 3.57. The van der Waals surface area contributed by atoms with Crippen LogP contribution in [0.1, 0.15) is 25.7 Å². The average Bonchev–Trinajstić information content (AvgIpc) is 2.58. The van der Waals surface area contributed by atoms with Crippen LogP contribution in [0.25, 0.3) is 0 Å². The van der Waals surface area contributed by atoms with Crippen molar-refractivity contribution >= 4 is 0 Å². The van der Waals surface area contributed by atoms with Gasteiger partial charge in [0, 0.05) is 0 Å². The van der Waals surface area contributed by atoms with Gasteiger partial charge in [0.15, 0.2) is 0 Å². The minimum absolute atomic E-state index is 0.911. The van der Waals surface area contributed by atoms with E-state index in [1.54, 1.807) is 0 Å². The Bertz CT molecular complexity index is 107. The molecule has 0 aromatic rings. The standard InChI is InChI=1S/C8H15N/c9-4-3-7-5-8(7)6-1-2-6/h6-8H,1-5,9H2/t7-,8+/m1/s1. The predicted octanol–water partition coefficient (Wildman–Crippen LogP) is 1.38. The third kappa shape index (κ3) is 1.11. The van der Waals surface area contributed by atoms with Gasteiger partial charge in [0.05, 0.1) is 0 Å². The van der Waals surface area contributed by atoms with Crippen LogP contribution < -0.4 is 5.73 Å². The summed E-state index contributed by atoms with van der Waals surface area (Å²) in [6.07, 6.45) is 5.83. The van der Waals surface area contributed by atoms with E-state index >= 15 is 0 Å².